The Balaban J connectivity index is 1.81. The zero-order valence-corrected chi connectivity index (χ0v) is 16.4. The molecule has 1 amide bonds. The van der Waals surface area contributed by atoms with Crippen molar-refractivity contribution in [1.29, 1.82) is 5.26 Å². The molecule has 1 N–H and O–H groups in total. The molecule has 136 valence electrons. The first-order valence-corrected chi connectivity index (χ1v) is 8.99. The van der Waals surface area contributed by atoms with Crippen LogP contribution in [0.1, 0.15) is 12.5 Å². The van der Waals surface area contributed by atoms with Crippen LogP contribution in [-0.4, -0.2) is 26.8 Å². The van der Waals surface area contributed by atoms with Crippen molar-refractivity contribution in [1.82, 2.24) is 14.8 Å². The lowest BCUT2D eigenvalue weighted by atomic mass is 10.3. The van der Waals surface area contributed by atoms with Crippen molar-refractivity contribution >= 4 is 39.3 Å². The highest BCUT2D eigenvalue weighted by Crippen LogP contribution is 2.29. The van der Waals surface area contributed by atoms with E-state index in [1.807, 2.05) is 6.07 Å². The summed E-state index contributed by atoms with van der Waals surface area (Å²) in [7, 11) is 0. The number of pyridine rings is 1. The quantitative estimate of drug-likeness (QED) is 0.640. The molecule has 0 saturated carbocycles. The summed E-state index contributed by atoms with van der Waals surface area (Å²) in [5.74, 6) is 0.738. The molecule has 3 rings (SSSR count). The van der Waals surface area contributed by atoms with Gasteiger partial charge in [0.1, 0.15) is 17.4 Å². The number of hydrogen-bond donors (Lipinski definition) is 1. The lowest BCUT2D eigenvalue weighted by molar-refractivity contribution is -0.122. The summed E-state index contributed by atoms with van der Waals surface area (Å²) in [6.45, 7) is 1.60. The number of rotatable bonds is 5. The van der Waals surface area contributed by atoms with Crippen molar-refractivity contribution in [3.63, 3.8) is 0 Å². The van der Waals surface area contributed by atoms with E-state index in [0.29, 0.717) is 21.1 Å². The first-order valence-electron chi connectivity index (χ1n) is 7.81. The van der Waals surface area contributed by atoms with Crippen LogP contribution in [0.15, 0.2) is 53.3 Å². The average molecular weight is 447 g/mol. The summed E-state index contributed by atoms with van der Waals surface area (Å²) in [5.41, 5.74) is 0.217. The van der Waals surface area contributed by atoms with E-state index in [1.54, 1.807) is 49.5 Å². The Morgan fingerprint density at radius 3 is 2.89 bits per heavy atom. The molecule has 0 spiro atoms. The van der Waals surface area contributed by atoms with Crippen molar-refractivity contribution in [2.75, 3.05) is 5.32 Å². The van der Waals surface area contributed by atoms with Gasteiger partial charge in [-0.15, -0.1) is 0 Å². The molecule has 0 aliphatic heterocycles. The largest absolute Gasteiger partial charge is 0.480 e. The van der Waals surface area contributed by atoms with Gasteiger partial charge in [0.2, 0.25) is 0 Å². The number of aromatic nitrogens is 3. The van der Waals surface area contributed by atoms with Crippen molar-refractivity contribution in [2.45, 2.75) is 13.0 Å². The fraction of sp³-hybridized carbons (Fsp3) is 0.111. The van der Waals surface area contributed by atoms with Crippen LogP contribution in [0.5, 0.6) is 5.75 Å². The molecule has 1 atom stereocenters. The monoisotopic (exact) mass is 445 g/mol. The molecule has 0 bridgehead atoms. The number of anilines is 1. The fourth-order valence-electron chi connectivity index (χ4n) is 2.24. The van der Waals surface area contributed by atoms with Crippen molar-refractivity contribution < 1.29 is 9.53 Å². The Labute approximate surface area is 168 Å². The van der Waals surface area contributed by atoms with Gasteiger partial charge in [0, 0.05) is 11.2 Å². The second kappa shape index (κ2) is 8.20. The van der Waals surface area contributed by atoms with Crippen molar-refractivity contribution in [3.8, 4) is 17.6 Å². The third kappa shape index (κ3) is 4.27. The molecule has 27 heavy (non-hydrogen) atoms. The Morgan fingerprint density at radius 2 is 2.22 bits per heavy atom. The maximum atomic E-state index is 12.6. The highest BCUT2D eigenvalue weighted by atomic mass is 79.9. The third-order valence-electron chi connectivity index (χ3n) is 3.56. The van der Waals surface area contributed by atoms with Crippen LogP contribution in [0.4, 0.5) is 5.82 Å². The van der Waals surface area contributed by atoms with Gasteiger partial charge in [-0.05, 0) is 53.2 Å². The van der Waals surface area contributed by atoms with Crippen LogP contribution in [0.2, 0.25) is 5.02 Å². The van der Waals surface area contributed by atoms with Crippen LogP contribution in [0, 0.1) is 11.3 Å². The lowest BCUT2D eigenvalue weighted by Crippen LogP contribution is -2.31. The number of hydrogen-bond acceptors (Lipinski definition) is 5. The van der Waals surface area contributed by atoms with Gasteiger partial charge in [-0.2, -0.15) is 15.0 Å². The molecule has 1 unspecified atom stereocenters. The highest BCUT2D eigenvalue weighted by molar-refractivity contribution is 9.10. The number of benzene rings is 1. The highest BCUT2D eigenvalue weighted by Gasteiger charge is 2.21. The van der Waals surface area contributed by atoms with Gasteiger partial charge < -0.3 is 10.1 Å². The minimum Gasteiger partial charge on any atom is -0.480 e. The van der Waals surface area contributed by atoms with Crippen molar-refractivity contribution in [2.24, 2.45) is 0 Å². The zero-order valence-electron chi connectivity index (χ0n) is 14.1. The number of halogens is 2. The minimum absolute atomic E-state index is 0.217. The summed E-state index contributed by atoms with van der Waals surface area (Å²) < 4.78 is 7.70. The van der Waals surface area contributed by atoms with Gasteiger partial charge in [0.25, 0.3) is 5.91 Å². The summed E-state index contributed by atoms with van der Waals surface area (Å²) in [6, 6.07) is 12.3. The molecule has 2 aromatic heterocycles. The molecule has 7 nitrogen and oxygen atoms in total. The Hall–Kier alpha value is -2.89. The smallest absolute Gasteiger partial charge is 0.266 e. The molecule has 1 aromatic carbocycles. The topological polar surface area (TPSA) is 92.8 Å². The van der Waals surface area contributed by atoms with E-state index in [2.05, 4.69) is 31.3 Å². The van der Waals surface area contributed by atoms with E-state index in [4.69, 9.17) is 16.3 Å². The van der Waals surface area contributed by atoms with Crippen LogP contribution >= 0.6 is 27.5 Å². The SMILES string of the molecule is CC(Oc1ccc(Cl)cc1Br)C(=O)Nc1c(C#N)cnn1-c1ccccn1. The Bertz CT molecular complexity index is 1020. The fourth-order valence-corrected chi connectivity index (χ4v) is 3.01. The maximum Gasteiger partial charge on any atom is 0.266 e. The van der Waals surface area contributed by atoms with E-state index in [9.17, 15) is 10.1 Å². The molecular weight excluding hydrogens is 434 g/mol. The van der Waals surface area contributed by atoms with Gasteiger partial charge in [0.05, 0.1) is 10.7 Å². The number of nitriles is 1. The molecule has 0 aliphatic carbocycles. The molecule has 0 fully saturated rings. The lowest BCUT2D eigenvalue weighted by Gasteiger charge is -2.16. The van der Waals surface area contributed by atoms with Gasteiger partial charge in [0.15, 0.2) is 17.7 Å². The number of carbonyl (C=O) groups is 1. The molecule has 2 heterocycles. The van der Waals surface area contributed by atoms with E-state index < -0.39 is 12.0 Å². The second-order valence-corrected chi connectivity index (χ2v) is 6.73. The van der Waals surface area contributed by atoms with Crippen LogP contribution in [0.25, 0.3) is 5.82 Å². The summed E-state index contributed by atoms with van der Waals surface area (Å²) in [6.07, 6.45) is 2.13. The summed E-state index contributed by atoms with van der Waals surface area (Å²) >= 11 is 9.25. The molecule has 0 saturated heterocycles. The van der Waals surface area contributed by atoms with Gasteiger partial charge >= 0.3 is 0 Å². The van der Waals surface area contributed by atoms with Crippen LogP contribution in [-0.2, 0) is 4.79 Å². The normalized spacial score (nSPS) is 11.5. The zero-order chi connectivity index (χ0) is 19.4. The number of nitrogens with zero attached hydrogens (tertiary/aromatic N) is 4. The minimum atomic E-state index is -0.832. The first-order chi connectivity index (χ1) is 13.0. The van der Waals surface area contributed by atoms with Gasteiger partial charge in [-0.1, -0.05) is 17.7 Å². The molecule has 0 aliphatic rings. The number of amides is 1. The number of ether oxygens (including phenoxy) is 1. The van der Waals surface area contributed by atoms with E-state index in [-0.39, 0.29) is 11.4 Å². The van der Waals surface area contributed by atoms with Crippen LogP contribution in [0.3, 0.4) is 0 Å². The average Bonchev–Trinajstić information content (AvgIpc) is 3.07. The predicted octanol–water partition coefficient (Wildman–Crippen LogP) is 3.96. The van der Waals surface area contributed by atoms with E-state index in [0.717, 1.165) is 0 Å². The molecular formula is C18H13BrClN5O2. The molecule has 3 aromatic rings. The van der Waals surface area contributed by atoms with Crippen molar-refractivity contribution in [3.05, 3.63) is 63.9 Å². The summed E-state index contributed by atoms with van der Waals surface area (Å²) in [5, 5.41) is 16.7. The Kier molecular flexibility index (Phi) is 5.74. The van der Waals surface area contributed by atoms with E-state index in [1.165, 1.54) is 10.9 Å². The van der Waals surface area contributed by atoms with Gasteiger partial charge in [-0.3, -0.25) is 4.79 Å². The summed E-state index contributed by atoms with van der Waals surface area (Å²) in [4.78, 5) is 16.8. The number of carbonyl (C=O) groups excluding carboxylic acids is 1. The number of nitrogens with one attached hydrogen (secondary N) is 1. The molecule has 0 radical (unpaired) electrons. The third-order valence-corrected chi connectivity index (χ3v) is 4.42. The Morgan fingerprint density at radius 1 is 1.41 bits per heavy atom. The standard InChI is InChI=1S/C18H13BrClN5O2/c1-11(27-15-6-5-13(20)8-14(15)19)18(26)24-17-12(9-21)10-23-25(17)16-4-2-3-7-22-16/h2-8,10-11H,1H3,(H,24,26). The second-order valence-electron chi connectivity index (χ2n) is 5.44. The van der Waals surface area contributed by atoms with Gasteiger partial charge in [-0.25, -0.2) is 4.98 Å². The molecule has 9 heteroatoms. The maximum absolute atomic E-state index is 12.6. The first kappa shape index (κ1) is 18.9. The van der Waals surface area contributed by atoms with E-state index >= 15 is 0 Å². The van der Waals surface area contributed by atoms with Crippen LogP contribution < -0.4 is 10.1 Å². The predicted molar refractivity (Wildman–Crippen MR) is 104 cm³/mol.